The topological polar surface area (TPSA) is 41.6 Å². The second-order valence-electron chi connectivity index (χ2n) is 4.67. The number of pyridine rings is 1. The number of rotatable bonds is 2. The van der Waals surface area contributed by atoms with Crippen LogP contribution >= 0.6 is 0 Å². The van der Waals surface area contributed by atoms with Gasteiger partial charge in [0.2, 0.25) is 0 Å². The summed E-state index contributed by atoms with van der Waals surface area (Å²) >= 11 is 0. The third kappa shape index (κ3) is 1.68. The summed E-state index contributed by atoms with van der Waals surface area (Å²) in [7, 11) is 0. The van der Waals surface area contributed by atoms with Gasteiger partial charge < -0.3 is 0 Å². The fourth-order valence-electron chi connectivity index (χ4n) is 1.79. The van der Waals surface area contributed by atoms with E-state index in [0.717, 1.165) is 11.1 Å². The summed E-state index contributed by atoms with van der Waals surface area (Å²) in [6.07, 6.45) is 0. The van der Waals surface area contributed by atoms with E-state index in [0.29, 0.717) is 11.3 Å². The molecular weight excluding hydrogens is 205 g/mol. The van der Waals surface area contributed by atoms with Crippen LogP contribution < -0.4 is 0 Å². The molecular formula is C12H16FN3. The van der Waals surface area contributed by atoms with E-state index in [1.807, 2.05) is 27.7 Å². The van der Waals surface area contributed by atoms with Crippen LogP contribution in [0.3, 0.4) is 0 Å². The van der Waals surface area contributed by atoms with Crippen LogP contribution in [0.4, 0.5) is 4.39 Å². The minimum atomic E-state index is -0.245. The molecule has 0 fully saturated rings. The van der Waals surface area contributed by atoms with Crippen molar-refractivity contribution in [3.05, 3.63) is 23.3 Å². The van der Waals surface area contributed by atoms with Crippen molar-refractivity contribution in [2.45, 2.75) is 39.5 Å². The van der Waals surface area contributed by atoms with Crippen molar-refractivity contribution in [2.24, 2.45) is 0 Å². The van der Waals surface area contributed by atoms with Gasteiger partial charge in [-0.25, -0.2) is 9.37 Å². The first-order chi connectivity index (χ1) is 7.50. The van der Waals surface area contributed by atoms with Crippen molar-refractivity contribution in [1.82, 2.24) is 15.2 Å². The molecule has 0 aliphatic carbocycles. The summed E-state index contributed by atoms with van der Waals surface area (Å²) in [5.74, 6) is 0.116. The molecule has 0 saturated heterocycles. The zero-order chi connectivity index (χ0) is 11.9. The number of H-pyrrole nitrogens is 1. The minimum absolute atomic E-state index is 0.0728. The highest BCUT2D eigenvalue weighted by Crippen LogP contribution is 2.25. The predicted molar refractivity (Wildman–Crippen MR) is 62.0 cm³/mol. The number of hydrogen-bond donors (Lipinski definition) is 1. The zero-order valence-electron chi connectivity index (χ0n) is 10.0. The van der Waals surface area contributed by atoms with E-state index >= 15 is 0 Å². The molecule has 2 rings (SSSR count). The Hall–Kier alpha value is -1.45. The maximum absolute atomic E-state index is 13.8. The van der Waals surface area contributed by atoms with E-state index < -0.39 is 0 Å². The molecule has 86 valence electrons. The van der Waals surface area contributed by atoms with Crippen LogP contribution in [0.5, 0.6) is 0 Å². The summed E-state index contributed by atoms with van der Waals surface area (Å²) < 4.78 is 13.8. The van der Waals surface area contributed by atoms with E-state index in [1.165, 1.54) is 6.07 Å². The number of halogens is 1. The predicted octanol–water partition coefficient (Wildman–Crippen LogP) is 3.34. The van der Waals surface area contributed by atoms with Crippen molar-refractivity contribution >= 4 is 11.0 Å². The van der Waals surface area contributed by atoms with Crippen LogP contribution in [0.25, 0.3) is 11.0 Å². The molecule has 0 saturated carbocycles. The molecule has 3 nitrogen and oxygen atoms in total. The maximum Gasteiger partial charge on any atom is 0.181 e. The monoisotopic (exact) mass is 221 g/mol. The molecule has 2 aromatic heterocycles. The lowest BCUT2D eigenvalue weighted by Crippen LogP contribution is -1.98. The van der Waals surface area contributed by atoms with Gasteiger partial charge in [0, 0.05) is 11.1 Å². The van der Waals surface area contributed by atoms with Gasteiger partial charge in [0.1, 0.15) is 5.82 Å². The Balaban J connectivity index is 2.66. The standard InChI is InChI=1S/C12H16FN3/c1-6(2)10-8-5-9(13)11(7(3)4)14-12(8)16-15-10/h5-7H,1-4H3,(H,14,15,16). The van der Waals surface area contributed by atoms with Gasteiger partial charge >= 0.3 is 0 Å². The van der Waals surface area contributed by atoms with Gasteiger partial charge in [0.05, 0.1) is 5.69 Å². The number of aromatic nitrogens is 3. The van der Waals surface area contributed by atoms with Crippen LogP contribution in [0.15, 0.2) is 6.07 Å². The van der Waals surface area contributed by atoms with Gasteiger partial charge in [-0.3, -0.25) is 5.10 Å². The molecule has 4 heteroatoms. The van der Waals surface area contributed by atoms with Crippen molar-refractivity contribution in [3.63, 3.8) is 0 Å². The van der Waals surface area contributed by atoms with Crippen molar-refractivity contribution < 1.29 is 4.39 Å². The Morgan fingerprint density at radius 2 is 1.88 bits per heavy atom. The molecule has 0 spiro atoms. The van der Waals surface area contributed by atoms with Gasteiger partial charge in [0.25, 0.3) is 0 Å². The lowest BCUT2D eigenvalue weighted by atomic mass is 10.1. The van der Waals surface area contributed by atoms with Crippen LogP contribution in [0.2, 0.25) is 0 Å². The van der Waals surface area contributed by atoms with Crippen LogP contribution in [0.1, 0.15) is 50.9 Å². The number of nitrogens with zero attached hydrogens (tertiary/aromatic N) is 2. The number of hydrogen-bond acceptors (Lipinski definition) is 2. The molecule has 0 unspecified atom stereocenters. The molecule has 16 heavy (non-hydrogen) atoms. The quantitative estimate of drug-likeness (QED) is 0.845. The third-order valence-corrected chi connectivity index (χ3v) is 2.68. The highest BCUT2D eigenvalue weighted by Gasteiger charge is 2.15. The first-order valence-electron chi connectivity index (χ1n) is 5.55. The highest BCUT2D eigenvalue weighted by atomic mass is 19.1. The van der Waals surface area contributed by atoms with E-state index in [9.17, 15) is 4.39 Å². The minimum Gasteiger partial charge on any atom is -0.279 e. The smallest absolute Gasteiger partial charge is 0.181 e. The fraction of sp³-hybridized carbons (Fsp3) is 0.500. The molecule has 0 bridgehead atoms. The average molecular weight is 221 g/mol. The largest absolute Gasteiger partial charge is 0.279 e. The average Bonchev–Trinajstić information content (AvgIpc) is 2.58. The number of aromatic amines is 1. The maximum atomic E-state index is 13.8. The van der Waals surface area contributed by atoms with Crippen molar-refractivity contribution in [2.75, 3.05) is 0 Å². The lowest BCUT2D eigenvalue weighted by molar-refractivity contribution is 0.588. The van der Waals surface area contributed by atoms with Crippen molar-refractivity contribution in [3.8, 4) is 0 Å². The Morgan fingerprint density at radius 3 is 2.44 bits per heavy atom. The molecule has 0 aliphatic heterocycles. The molecule has 1 N–H and O–H groups in total. The molecule has 2 heterocycles. The summed E-state index contributed by atoms with van der Waals surface area (Å²) in [5.41, 5.74) is 2.03. The van der Waals surface area contributed by atoms with Gasteiger partial charge in [-0.15, -0.1) is 0 Å². The van der Waals surface area contributed by atoms with E-state index in [1.54, 1.807) is 0 Å². The van der Waals surface area contributed by atoms with Crippen molar-refractivity contribution in [1.29, 1.82) is 0 Å². The zero-order valence-corrected chi connectivity index (χ0v) is 10.0. The summed E-state index contributed by atoms with van der Waals surface area (Å²) in [6, 6.07) is 1.54. The first-order valence-corrected chi connectivity index (χ1v) is 5.55. The number of nitrogens with one attached hydrogen (secondary N) is 1. The van der Waals surface area contributed by atoms with Crippen LogP contribution in [-0.2, 0) is 0 Å². The van der Waals surface area contributed by atoms with Gasteiger partial charge in [-0.2, -0.15) is 5.10 Å². The van der Waals surface area contributed by atoms with E-state index in [4.69, 9.17) is 0 Å². The SMILES string of the molecule is CC(C)c1nc2n[nH]c(C(C)C)c2cc1F. The van der Waals surface area contributed by atoms with Crippen LogP contribution in [-0.4, -0.2) is 15.2 Å². The third-order valence-electron chi connectivity index (χ3n) is 2.68. The highest BCUT2D eigenvalue weighted by molar-refractivity contribution is 5.78. The second kappa shape index (κ2) is 3.85. The second-order valence-corrected chi connectivity index (χ2v) is 4.67. The summed E-state index contributed by atoms with van der Waals surface area (Å²) in [6.45, 7) is 7.93. The van der Waals surface area contributed by atoms with E-state index in [-0.39, 0.29) is 17.7 Å². The Kier molecular flexibility index (Phi) is 2.66. The molecule has 0 amide bonds. The molecule has 0 aliphatic rings. The normalized spacial score (nSPS) is 11.9. The lowest BCUT2D eigenvalue weighted by Gasteiger charge is -2.06. The first kappa shape index (κ1) is 11.0. The van der Waals surface area contributed by atoms with Crippen LogP contribution in [0, 0.1) is 5.82 Å². The van der Waals surface area contributed by atoms with Gasteiger partial charge in [-0.1, -0.05) is 27.7 Å². The van der Waals surface area contributed by atoms with Gasteiger partial charge in [-0.05, 0) is 17.9 Å². The molecule has 0 aromatic carbocycles. The Morgan fingerprint density at radius 1 is 1.19 bits per heavy atom. The molecule has 0 radical (unpaired) electrons. The molecule has 0 atom stereocenters. The summed E-state index contributed by atoms with van der Waals surface area (Å²) in [5, 5.41) is 7.84. The number of fused-ring (bicyclic) bond motifs is 1. The summed E-state index contributed by atoms with van der Waals surface area (Å²) in [4.78, 5) is 4.26. The fourth-order valence-corrected chi connectivity index (χ4v) is 1.79. The van der Waals surface area contributed by atoms with Gasteiger partial charge in [0.15, 0.2) is 5.65 Å². The van der Waals surface area contributed by atoms with E-state index in [2.05, 4.69) is 15.2 Å². The Bertz CT molecular complexity index is 514. The molecule has 2 aromatic rings. The Labute approximate surface area is 94.1 Å².